The van der Waals surface area contributed by atoms with Crippen LogP contribution in [0.1, 0.15) is 20.8 Å². The summed E-state index contributed by atoms with van der Waals surface area (Å²) in [6.07, 6.45) is 0. The predicted octanol–water partition coefficient (Wildman–Crippen LogP) is -0.340. The zero-order valence-electron chi connectivity index (χ0n) is 10.3. The number of carbonyl (C=O) groups excluding carboxylic acids is 2. The lowest BCUT2D eigenvalue weighted by atomic mass is 10.1. The van der Waals surface area contributed by atoms with Gasteiger partial charge in [0.2, 0.25) is 11.8 Å². The van der Waals surface area contributed by atoms with Gasteiger partial charge in [0.1, 0.15) is 0 Å². The van der Waals surface area contributed by atoms with Gasteiger partial charge in [0, 0.05) is 32.1 Å². The van der Waals surface area contributed by atoms with Crippen LogP contribution >= 0.6 is 0 Å². The van der Waals surface area contributed by atoms with Crippen LogP contribution in [0.5, 0.6) is 0 Å². The van der Waals surface area contributed by atoms with E-state index in [1.807, 2.05) is 18.7 Å². The third kappa shape index (κ3) is 2.95. The molecule has 0 bridgehead atoms. The molecule has 1 aliphatic heterocycles. The lowest BCUT2D eigenvalue weighted by Crippen LogP contribution is -2.54. The molecule has 92 valence electrons. The van der Waals surface area contributed by atoms with Gasteiger partial charge in [-0.25, -0.2) is 0 Å². The zero-order chi connectivity index (χ0) is 12.3. The maximum atomic E-state index is 11.7. The van der Waals surface area contributed by atoms with Crippen molar-refractivity contribution in [2.75, 3.05) is 26.2 Å². The zero-order valence-corrected chi connectivity index (χ0v) is 10.3. The summed E-state index contributed by atoms with van der Waals surface area (Å²) in [5.74, 6) is 0.153. The van der Waals surface area contributed by atoms with Gasteiger partial charge in [-0.2, -0.15) is 0 Å². The van der Waals surface area contributed by atoms with Crippen molar-refractivity contribution in [2.24, 2.45) is 11.7 Å². The third-order valence-electron chi connectivity index (χ3n) is 2.79. The molecule has 1 aliphatic rings. The maximum Gasteiger partial charge on any atom is 0.239 e. The molecular weight excluding hydrogens is 206 g/mol. The summed E-state index contributed by atoms with van der Waals surface area (Å²) in [6, 6.07) is -0.452. The largest absolute Gasteiger partial charge is 0.339 e. The van der Waals surface area contributed by atoms with Crippen molar-refractivity contribution in [3.8, 4) is 0 Å². The van der Waals surface area contributed by atoms with Crippen LogP contribution in [0.25, 0.3) is 0 Å². The van der Waals surface area contributed by atoms with E-state index in [0.29, 0.717) is 26.2 Å². The molecule has 1 saturated heterocycles. The van der Waals surface area contributed by atoms with E-state index in [1.54, 1.807) is 11.8 Å². The molecule has 1 heterocycles. The Morgan fingerprint density at radius 1 is 0.938 bits per heavy atom. The number of nitrogens with zero attached hydrogens (tertiary/aromatic N) is 2. The smallest absolute Gasteiger partial charge is 0.239 e. The van der Waals surface area contributed by atoms with E-state index in [0.717, 1.165) is 0 Å². The molecule has 0 radical (unpaired) electrons. The average Bonchev–Trinajstić information content (AvgIpc) is 2.27. The van der Waals surface area contributed by atoms with E-state index in [4.69, 9.17) is 5.73 Å². The molecule has 0 aromatic carbocycles. The van der Waals surface area contributed by atoms with Crippen molar-refractivity contribution in [3.63, 3.8) is 0 Å². The monoisotopic (exact) mass is 227 g/mol. The standard InChI is InChI=1S/C11H21N3O2/c1-8(2)10(15)13-4-6-14(7-5-13)11(16)9(3)12/h8-9H,4-7,12H2,1-3H3. The average molecular weight is 227 g/mol. The quantitative estimate of drug-likeness (QED) is 0.702. The van der Waals surface area contributed by atoms with Crippen LogP contribution in [0.15, 0.2) is 0 Å². The van der Waals surface area contributed by atoms with Gasteiger partial charge in [-0.1, -0.05) is 13.8 Å². The number of rotatable bonds is 2. The first-order chi connectivity index (χ1) is 7.43. The fraction of sp³-hybridized carbons (Fsp3) is 0.818. The van der Waals surface area contributed by atoms with Crippen molar-refractivity contribution < 1.29 is 9.59 Å². The van der Waals surface area contributed by atoms with Crippen LogP contribution in [-0.2, 0) is 9.59 Å². The lowest BCUT2D eigenvalue weighted by Gasteiger charge is -2.36. The molecule has 1 unspecified atom stereocenters. The molecule has 0 aromatic rings. The molecule has 0 saturated carbocycles. The summed E-state index contributed by atoms with van der Waals surface area (Å²) in [6.45, 7) is 7.90. The number of carbonyl (C=O) groups is 2. The Hall–Kier alpha value is -1.10. The molecule has 1 atom stereocenters. The minimum Gasteiger partial charge on any atom is -0.339 e. The van der Waals surface area contributed by atoms with Crippen LogP contribution in [0.3, 0.4) is 0 Å². The first-order valence-corrected chi connectivity index (χ1v) is 5.76. The number of amides is 2. The van der Waals surface area contributed by atoms with Crippen LogP contribution < -0.4 is 5.73 Å². The predicted molar refractivity (Wildman–Crippen MR) is 61.6 cm³/mol. The minimum atomic E-state index is -0.452. The number of hydrogen-bond acceptors (Lipinski definition) is 3. The van der Waals surface area contributed by atoms with Gasteiger partial charge < -0.3 is 15.5 Å². The highest BCUT2D eigenvalue weighted by Gasteiger charge is 2.26. The van der Waals surface area contributed by atoms with Gasteiger partial charge in [0.05, 0.1) is 6.04 Å². The molecule has 0 aliphatic carbocycles. The van der Waals surface area contributed by atoms with E-state index in [9.17, 15) is 9.59 Å². The van der Waals surface area contributed by atoms with E-state index >= 15 is 0 Å². The van der Waals surface area contributed by atoms with Crippen LogP contribution in [0.4, 0.5) is 0 Å². The Labute approximate surface area is 96.6 Å². The van der Waals surface area contributed by atoms with E-state index in [-0.39, 0.29) is 17.7 Å². The minimum absolute atomic E-state index is 0.0238. The Morgan fingerprint density at radius 2 is 1.31 bits per heavy atom. The summed E-state index contributed by atoms with van der Waals surface area (Å²) < 4.78 is 0. The molecule has 2 amide bonds. The molecule has 1 fully saturated rings. The highest BCUT2D eigenvalue weighted by molar-refractivity contribution is 5.82. The summed E-state index contributed by atoms with van der Waals surface area (Å²) in [4.78, 5) is 26.9. The van der Waals surface area contributed by atoms with Crippen molar-refractivity contribution in [1.82, 2.24) is 9.80 Å². The molecule has 2 N–H and O–H groups in total. The second-order valence-corrected chi connectivity index (χ2v) is 4.59. The van der Waals surface area contributed by atoms with Crippen molar-refractivity contribution in [3.05, 3.63) is 0 Å². The van der Waals surface area contributed by atoms with E-state index in [2.05, 4.69) is 0 Å². The SMILES string of the molecule is CC(C)C(=O)N1CCN(C(=O)C(C)N)CC1. The van der Waals surface area contributed by atoms with Crippen LogP contribution in [0, 0.1) is 5.92 Å². The summed E-state index contributed by atoms with van der Waals surface area (Å²) in [5.41, 5.74) is 5.54. The van der Waals surface area contributed by atoms with Gasteiger partial charge >= 0.3 is 0 Å². The first kappa shape index (κ1) is 13.0. The van der Waals surface area contributed by atoms with E-state index < -0.39 is 6.04 Å². The van der Waals surface area contributed by atoms with Gasteiger partial charge in [-0.15, -0.1) is 0 Å². The summed E-state index contributed by atoms with van der Waals surface area (Å²) >= 11 is 0. The van der Waals surface area contributed by atoms with Gasteiger partial charge in [-0.05, 0) is 6.92 Å². The number of nitrogens with two attached hydrogens (primary N) is 1. The maximum absolute atomic E-state index is 11.7. The Balaban J connectivity index is 2.45. The molecular formula is C11H21N3O2. The summed E-state index contributed by atoms with van der Waals surface area (Å²) in [5, 5.41) is 0. The van der Waals surface area contributed by atoms with Crippen LogP contribution in [0.2, 0.25) is 0 Å². The molecule has 5 nitrogen and oxygen atoms in total. The van der Waals surface area contributed by atoms with Crippen molar-refractivity contribution in [1.29, 1.82) is 0 Å². The summed E-state index contributed by atoms with van der Waals surface area (Å²) in [7, 11) is 0. The highest BCUT2D eigenvalue weighted by Crippen LogP contribution is 2.07. The number of piperazine rings is 1. The Kier molecular flexibility index (Phi) is 4.29. The van der Waals surface area contributed by atoms with Crippen molar-refractivity contribution >= 4 is 11.8 Å². The van der Waals surface area contributed by atoms with Gasteiger partial charge in [0.15, 0.2) is 0 Å². The van der Waals surface area contributed by atoms with Crippen molar-refractivity contribution in [2.45, 2.75) is 26.8 Å². The van der Waals surface area contributed by atoms with E-state index in [1.165, 1.54) is 0 Å². The topological polar surface area (TPSA) is 66.6 Å². The second kappa shape index (κ2) is 5.30. The second-order valence-electron chi connectivity index (χ2n) is 4.59. The van der Waals surface area contributed by atoms with Gasteiger partial charge in [-0.3, -0.25) is 9.59 Å². The third-order valence-corrected chi connectivity index (χ3v) is 2.79. The normalized spacial score (nSPS) is 18.8. The Morgan fingerprint density at radius 3 is 1.62 bits per heavy atom. The fourth-order valence-corrected chi connectivity index (χ4v) is 1.80. The number of hydrogen-bond donors (Lipinski definition) is 1. The molecule has 1 rings (SSSR count). The molecule has 0 aromatic heterocycles. The molecule has 5 heteroatoms. The lowest BCUT2D eigenvalue weighted by molar-refractivity contribution is -0.141. The molecule has 0 spiro atoms. The Bertz CT molecular complexity index is 240. The van der Waals surface area contributed by atoms with Crippen LogP contribution in [-0.4, -0.2) is 53.8 Å². The highest BCUT2D eigenvalue weighted by atomic mass is 16.2. The van der Waals surface area contributed by atoms with Gasteiger partial charge in [0.25, 0.3) is 0 Å². The first-order valence-electron chi connectivity index (χ1n) is 5.76. The fourth-order valence-electron chi connectivity index (χ4n) is 1.80. The molecule has 16 heavy (non-hydrogen) atoms.